The lowest BCUT2D eigenvalue weighted by Gasteiger charge is -2.38. The predicted molar refractivity (Wildman–Crippen MR) is 115 cm³/mol. The molecule has 2 amide bonds. The Bertz CT molecular complexity index is 951. The lowest BCUT2D eigenvalue weighted by Crippen LogP contribution is -2.42. The van der Waals surface area contributed by atoms with Crippen molar-refractivity contribution >= 4 is 23.4 Å². The maximum Gasteiger partial charge on any atom is 0.417 e. The summed E-state index contributed by atoms with van der Waals surface area (Å²) in [4.78, 5) is 22.1. The third-order valence-electron chi connectivity index (χ3n) is 7.25. The van der Waals surface area contributed by atoms with Gasteiger partial charge in [-0.25, -0.2) is 8.78 Å². The molecule has 34 heavy (non-hydrogen) atoms. The SMILES string of the molecule is CC(N)=O.O=C(NC(c1c(F)c(O)cc(C(F)(F)F)c1Cl)C12CCC(F)(CC1)C2)C1CCCC1. The van der Waals surface area contributed by atoms with Gasteiger partial charge in [-0.05, 0) is 56.4 Å². The fraction of sp³-hybridized carbons (Fsp3) is 0.652. The van der Waals surface area contributed by atoms with Crippen LogP contribution in [0.2, 0.25) is 5.02 Å². The maximum atomic E-state index is 15.0. The summed E-state index contributed by atoms with van der Waals surface area (Å²) in [5.41, 5.74) is 0.0891. The van der Waals surface area contributed by atoms with E-state index >= 15 is 4.39 Å². The van der Waals surface area contributed by atoms with Crippen LogP contribution < -0.4 is 11.1 Å². The highest BCUT2D eigenvalue weighted by Gasteiger charge is 2.60. The summed E-state index contributed by atoms with van der Waals surface area (Å²) in [5, 5.41) is 11.7. The van der Waals surface area contributed by atoms with Crippen LogP contribution in [0.5, 0.6) is 5.75 Å². The maximum absolute atomic E-state index is 15.0. The van der Waals surface area contributed by atoms with Gasteiger partial charge < -0.3 is 16.2 Å². The standard InChI is InChI=1S/C21H23ClF5NO2.C2H5NO/c22-15-12(21(25,26)27)9-13(29)16(23)14(15)17(28-18(30)11-3-1-2-4-11)19-5-7-20(24,10-19)8-6-19;1-2(3)4/h9,11,17,29H,1-8,10H2,(H,28,30);1H3,(H2,3,4). The molecule has 1 atom stereocenters. The molecule has 3 fully saturated rings. The fourth-order valence-corrected chi connectivity index (χ4v) is 6.01. The number of primary amides is 1. The summed E-state index contributed by atoms with van der Waals surface area (Å²) < 4.78 is 70.4. The number of hydrogen-bond acceptors (Lipinski definition) is 3. The van der Waals surface area contributed by atoms with E-state index in [1.807, 2.05) is 0 Å². The molecule has 3 aliphatic carbocycles. The minimum Gasteiger partial charge on any atom is -0.505 e. The Labute approximate surface area is 199 Å². The third kappa shape index (κ3) is 5.26. The second kappa shape index (κ2) is 9.51. The van der Waals surface area contributed by atoms with E-state index in [9.17, 15) is 32.3 Å². The van der Waals surface area contributed by atoms with Crippen LogP contribution >= 0.6 is 11.6 Å². The van der Waals surface area contributed by atoms with Crippen LogP contribution in [0.15, 0.2) is 6.07 Å². The number of phenols is 1. The zero-order valence-corrected chi connectivity index (χ0v) is 19.5. The molecule has 5 nitrogen and oxygen atoms in total. The number of aromatic hydroxyl groups is 1. The van der Waals surface area contributed by atoms with Gasteiger partial charge >= 0.3 is 6.18 Å². The quantitative estimate of drug-likeness (QED) is 0.453. The molecule has 1 unspecified atom stereocenters. The summed E-state index contributed by atoms with van der Waals surface area (Å²) in [6.45, 7) is 1.31. The topological polar surface area (TPSA) is 92.4 Å². The zero-order chi connectivity index (χ0) is 25.5. The van der Waals surface area contributed by atoms with E-state index in [1.54, 1.807) is 0 Å². The van der Waals surface area contributed by atoms with E-state index in [4.69, 9.17) is 11.6 Å². The molecule has 3 saturated carbocycles. The number of amides is 2. The van der Waals surface area contributed by atoms with Crippen LogP contribution in [0.25, 0.3) is 0 Å². The van der Waals surface area contributed by atoms with Gasteiger partial charge in [-0.3, -0.25) is 9.59 Å². The van der Waals surface area contributed by atoms with Gasteiger partial charge in [0.2, 0.25) is 11.8 Å². The molecule has 4 rings (SSSR count). The van der Waals surface area contributed by atoms with Crippen molar-refractivity contribution in [1.29, 1.82) is 0 Å². The molecule has 1 aromatic rings. The minimum atomic E-state index is -4.93. The molecule has 0 aliphatic heterocycles. The number of nitrogens with two attached hydrogens (primary N) is 1. The molecular formula is C23H28ClF5N2O3. The smallest absolute Gasteiger partial charge is 0.417 e. The van der Waals surface area contributed by atoms with E-state index < -0.39 is 51.0 Å². The van der Waals surface area contributed by atoms with E-state index in [-0.39, 0.29) is 43.1 Å². The van der Waals surface area contributed by atoms with E-state index in [0.717, 1.165) is 12.8 Å². The minimum absolute atomic E-state index is 0.0163. The van der Waals surface area contributed by atoms with Crippen molar-refractivity contribution in [3.05, 3.63) is 28.0 Å². The average Bonchev–Trinajstić information content (AvgIpc) is 3.44. The number of nitrogens with one attached hydrogen (secondary N) is 1. The predicted octanol–water partition coefficient (Wildman–Crippen LogP) is 5.72. The average molecular weight is 511 g/mol. The summed E-state index contributed by atoms with van der Waals surface area (Å²) in [7, 11) is 0. The van der Waals surface area contributed by atoms with Crippen molar-refractivity contribution in [2.24, 2.45) is 17.1 Å². The number of carbonyl (C=O) groups is 2. The number of halogens is 6. The molecule has 3 aliphatic rings. The molecule has 11 heteroatoms. The van der Waals surface area contributed by atoms with Crippen molar-refractivity contribution in [3.63, 3.8) is 0 Å². The Morgan fingerprint density at radius 3 is 2.18 bits per heavy atom. The van der Waals surface area contributed by atoms with Crippen molar-refractivity contribution in [1.82, 2.24) is 5.32 Å². The highest BCUT2D eigenvalue weighted by Crippen LogP contribution is 2.64. The number of carbonyl (C=O) groups excluding carboxylic acids is 2. The first-order valence-corrected chi connectivity index (χ1v) is 11.6. The molecule has 0 saturated heterocycles. The molecule has 0 radical (unpaired) electrons. The van der Waals surface area contributed by atoms with Gasteiger partial charge in [0.1, 0.15) is 5.67 Å². The molecule has 0 spiro atoms. The Hall–Kier alpha value is -2.10. The molecule has 0 heterocycles. The molecular weight excluding hydrogens is 483 g/mol. The van der Waals surface area contributed by atoms with Crippen LogP contribution in [-0.4, -0.2) is 22.6 Å². The van der Waals surface area contributed by atoms with Crippen molar-refractivity contribution in [3.8, 4) is 5.75 Å². The molecule has 1 aromatic carbocycles. The van der Waals surface area contributed by atoms with Gasteiger partial charge in [0, 0.05) is 18.4 Å². The van der Waals surface area contributed by atoms with Crippen LogP contribution in [-0.2, 0) is 15.8 Å². The number of hydrogen-bond donors (Lipinski definition) is 3. The van der Waals surface area contributed by atoms with Crippen molar-refractivity contribution in [2.45, 2.75) is 82.6 Å². The van der Waals surface area contributed by atoms with Gasteiger partial charge in [-0.2, -0.15) is 13.2 Å². The number of fused-ring (bicyclic) bond motifs is 2. The van der Waals surface area contributed by atoms with E-state index in [0.29, 0.717) is 25.7 Å². The zero-order valence-electron chi connectivity index (χ0n) is 18.7. The summed E-state index contributed by atoms with van der Waals surface area (Å²) in [6.07, 6.45) is -0.906. The van der Waals surface area contributed by atoms with Gasteiger partial charge in [-0.1, -0.05) is 24.4 Å². The summed E-state index contributed by atoms with van der Waals surface area (Å²) in [5.74, 6) is -3.53. The highest BCUT2D eigenvalue weighted by atomic mass is 35.5. The molecule has 4 N–H and O–H groups in total. The number of phenolic OH excluding ortho intramolecular Hbond substituents is 1. The largest absolute Gasteiger partial charge is 0.505 e. The Morgan fingerprint density at radius 2 is 1.74 bits per heavy atom. The second-order valence-corrected chi connectivity index (χ2v) is 10.1. The van der Waals surface area contributed by atoms with E-state index in [1.165, 1.54) is 6.92 Å². The molecule has 190 valence electrons. The number of benzene rings is 1. The van der Waals surface area contributed by atoms with Gasteiger partial charge in [-0.15, -0.1) is 0 Å². The highest BCUT2D eigenvalue weighted by molar-refractivity contribution is 6.32. The molecule has 2 bridgehead atoms. The van der Waals surface area contributed by atoms with Gasteiger partial charge in [0.25, 0.3) is 0 Å². The first kappa shape index (κ1) is 26.5. The Kier molecular flexibility index (Phi) is 7.41. The first-order chi connectivity index (χ1) is 15.7. The Balaban J connectivity index is 0.000000751. The Morgan fingerprint density at radius 1 is 1.21 bits per heavy atom. The van der Waals surface area contributed by atoms with Gasteiger partial charge in [0.15, 0.2) is 11.6 Å². The summed E-state index contributed by atoms with van der Waals surface area (Å²) in [6, 6.07) is -0.997. The lowest BCUT2D eigenvalue weighted by molar-refractivity contribution is -0.137. The van der Waals surface area contributed by atoms with Crippen molar-refractivity contribution < 1.29 is 36.6 Å². The van der Waals surface area contributed by atoms with Crippen LogP contribution in [0, 0.1) is 17.2 Å². The lowest BCUT2D eigenvalue weighted by atomic mass is 9.73. The third-order valence-corrected chi connectivity index (χ3v) is 7.65. The second-order valence-electron chi connectivity index (χ2n) is 9.71. The molecule has 0 aromatic heterocycles. The first-order valence-electron chi connectivity index (χ1n) is 11.2. The number of rotatable bonds is 4. The normalized spacial score (nSPS) is 27.3. The monoisotopic (exact) mass is 510 g/mol. The summed E-state index contributed by atoms with van der Waals surface area (Å²) >= 11 is 6.04. The fourth-order valence-electron chi connectivity index (χ4n) is 5.65. The van der Waals surface area contributed by atoms with Crippen LogP contribution in [0.4, 0.5) is 22.0 Å². The van der Waals surface area contributed by atoms with Gasteiger partial charge in [0.05, 0.1) is 16.6 Å². The van der Waals surface area contributed by atoms with Crippen LogP contribution in [0.3, 0.4) is 0 Å². The van der Waals surface area contributed by atoms with Crippen molar-refractivity contribution in [2.75, 3.05) is 0 Å². The number of alkyl halides is 4. The van der Waals surface area contributed by atoms with Crippen LogP contribution in [0.1, 0.15) is 81.9 Å². The van der Waals surface area contributed by atoms with E-state index in [2.05, 4.69) is 11.1 Å².